The van der Waals surface area contributed by atoms with E-state index in [1.54, 1.807) is 6.07 Å². The Morgan fingerprint density at radius 3 is 2.41 bits per heavy atom. The van der Waals surface area contributed by atoms with Crippen molar-refractivity contribution in [1.82, 2.24) is 5.32 Å². The topological polar surface area (TPSA) is 12.0 Å². The maximum atomic E-state index is 13.0. The van der Waals surface area contributed by atoms with Gasteiger partial charge >= 0.3 is 0 Å². The summed E-state index contributed by atoms with van der Waals surface area (Å²) in [6.07, 6.45) is 0. The van der Waals surface area contributed by atoms with E-state index in [9.17, 15) is 8.78 Å². The largest absolute Gasteiger partial charge is 0.311 e. The zero-order chi connectivity index (χ0) is 13.1. The average molecular weight is 259 g/mol. The SMILES string of the molecule is CC(CNC(C)(C)C)Sc1ccc(F)c(F)c1. The standard InChI is InChI=1S/C13H19F2NS/c1-9(8-16-13(2,3)4)17-10-5-6-11(14)12(15)7-10/h5-7,9,16H,8H2,1-4H3. The third kappa shape index (κ3) is 5.50. The van der Waals surface area contributed by atoms with Crippen molar-refractivity contribution in [2.45, 2.75) is 43.4 Å². The minimum atomic E-state index is -0.796. The molecule has 0 saturated heterocycles. The number of rotatable bonds is 4. The van der Waals surface area contributed by atoms with E-state index in [1.807, 2.05) is 0 Å². The molecule has 1 aromatic rings. The van der Waals surface area contributed by atoms with Crippen LogP contribution in [-0.4, -0.2) is 17.3 Å². The van der Waals surface area contributed by atoms with Crippen LogP contribution in [0.5, 0.6) is 0 Å². The molecule has 0 heterocycles. The van der Waals surface area contributed by atoms with E-state index >= 15 is 0 Å². The molecule has 1 unspecified atom stereocenters. The van der Waals surface area contributed by atoms with Crippen molar-refractivity contribution in [1.29, 1.82) is 0 Å². The molecule has 0 aliphatic rings. The highest BCUT2D eigenvalue weighted by molar-refractivity contribution is 8.00. The first-order chi connectivity index (χ1) is 7.78. The van der Waals surface area contributed by atoms with Gasteiger partial charge in [-0.2, -0.15) is 0 Å². The van der Waals surface area contributed by atoms with Gasteiger partial charge in [-0.05, 0) is 39.0 Å². The molecule has 0 aliphatic carbocycles. The minimum Gasteiger partial charge on any atom is -0.311 e. The van der Waals surface area contributed by atoms with Crippen LogP contribution in [0.2, 0.25) is 0 Å². The second kappa shape index (κ2) is 5.83. The zero-order valence-electron chi connectivity index (χ0n) is 10.7. The van der Waals surface area contributed by atoms with Gasteiger partial charge < -0.3 is 5.32 Å². The average Bonchev–Trinajstić information content (AvgIpc) is 2.20. The predicted octanol–water partition coefficient (Wildman–Crippen LogP) is 3.83. The monoisotopic (exact) mass is 259 g/mol. The molecule has 0 aromatic heterocycles. The Morgan fingerprint density at radius 1 is 1.24 bits per heavy atom. The van der Waals surface area contributed by atoms with Gasteiger partial charge in [-0.25, -0.2) is 8.78 Å². The second-order valence-electron chi connectivity index (χ2n) is 5.14. The molecular weight excluding hydrogens is 240 g/mol. The summed E-state index contributed by atoms with van der Waals surface area (Å²) < 4.78 is 25.7. The Hall–Kier alpha value is -0.610. The third-order valence-electron chi connectivity index (χ3n) is 2.15. The summed E-state index contributed by atoms with van der Waals surface area (Å²) >= 11 is 1.54. The van der Waals surface area contributed by atoms with Crippen molar-refractivity contribution >= 4 is 11.8 Å². The fourth-order valence-electron chi connectivity index (χ4n) is 1.27. The molecule has 0 spiro atoms. The van der Waals surface area contributed by atoms with Gasteiger partial charge in [0.25, 0.3) is 0 Å². The van der Waals surface area contributed by atoms with Crippen molar-refractivity contribution in [3.05, 3.63) is 29.8 Å². The van der Waals surface area contributed by atoms with Gasteiger partial charge in [0.2, 0.25) is 0 Å². The molecule has 0 bridgehead atoms. The van der Waals surface area contributed by atoms with Gasteiger partial charge in [-0.15, -0.1) is 11.8 Å². The van der Waals surface area contributed by atoms with E-state index < -0.39 is 11.6 Å². The second-order valence-corrected chi connectivity index (χ2v) is 6.65. The molecule has 0 amide bonds. The Morgan fingerprint density at radius 2 is 1.88 bits per heavy atom. The lowest BCUT2D eigenvalue weighted by Crippen LogP contribution is -2.39. The van der Waals surface area contributed by atoms with Crippen LogP contribution in [-0.2, 0) is 0 Å². The van der Waals surface area contributed by atoms with E-state index in [-0.39, 0.29) is 5.54 Å². The maximum Gasteiger partial charge on any atom is 0.159 e. The highest BCUT2D eigenvalue weighted by Crippen LogP contribution is 2.24. The molecule has 1 aromatic carbocycles. The lowest BCUT2D eigenvalue weighted by atomic mass is 10.1. The van der Waals surface area contributed by atoms with Gasteiger partial charge in [0, 0.05) is 22.2 Å². The first-order valence-corrected chi connectivity index (χ1v) is 6.52. The van der Waals surface area contributed by atoms with Crippen LogP contribution >= 0.6 is 11.8 Å². The Labute approximate surface area is 106 Å². The molecule has 0 saturated carbocycles. The number of hydrogen-bond acceptors (Lipinski definition) is 2. The molecule has 17 heavy (non-hydrogen) atoms. The molecule has 1 rings (SSSR count). The third-order valence-corrected chi connectivity index (χ3v) is 3.24. The minimum absolute atomic E-state index is 0.0723. The fourth-order valence-corrected chi connectivity index (χ4v) is 2.22. The number of nitrogens with one attached hydrogen (secondary N) is 1. The Bertz CT molecular complexity index is 374. The van der Waals surface area contributed by atoms with Crippen LogP contribution in [0.3, 0.4) is 0 Å². The molecule has 1 nitrogen and oxygen atoms in total. The number of benzene rings is 1. The Kier molecular flexibility index (Phi) is 4.95. The summed E-state index contributed by atoms with van der Waals surface area (Å²) in [6.45, 7) is 9.18. The number of halogens is 2. The van der Waals surface area contributed by atoms with Gasteiger partial charge in [-0.1, -0.05) is 6.92 Å². The molecule has 1 N–H and O–H groups in total. The van der Waals surface area contributed by atoms with E-state index in [0.29, 0.717) is 5.25 Å². The van der Waals surface area contributed by atoms with Crippen LogP contribution in [0, 0.1) is 11.6 Å². The molecule has 96 valence electrons. The quantitative estimate of drug-likeness (QED) is 0.825. The zero-order valence-corrected chi connectivity index (χ0v) is 11.5. The molecule has 4 heteroatoms. The van der Waals surface area contributed by atoms with E-state index in [4.69, 9.17) is 0 Å². The van der Waals surface area contributed by atoms with E-state index in [2.05, 4.69) is 33.0 Å². The summed E-state index contributed by atoms with van der Waals surface area (Å²) in [4.78, 5) is 0.757. The molecule has 0 fully saturated rings. The van der Waals surface area contributed by atoms with Crippen molar-refractivity contribution in [3.8, 4) is 0 Å². The molecular formula is C13H19F2NS. The molecule has 1 atom stereocenters. The molecule has 0 aliphatic heterocycles. The summed E-state index contributed by atoms with van der Waals surface area (Å²) in [5.41, 5.74) is 0.0723. The van der Waals surface area contributed by atoms with Crippen LogP contribution in [0.4, 0.5) is 8.78 Å². The predicted molar refractivity (Wildman–Crippen MR) is 69.4 cm³/mol. The highest BCUT2D eigenvalue weighted by atomic mass is 32.2. The van der Waals surface area contributed by atoms with Crippen LogP contribution in [0.25, 0.3) is 0 Å². The molecule has 0 radical (unpaired) electrons. The van der Waals surface area contributed by atoms with Crippen molar-refractivity contribution < 1.29 is 8.78 Å². The first kappa shape index (κ1) is 14.5. The lowest BCUT2D eigenvalue weighted by Gasteiger charge is -2.23. The van der Waals surface area contributed by atoms with Crippen molar-refractivity contribution in [2.75, 3.05) is 6.54 Å². The number of thioether (sulfide) groups is 1. The van der Waals surface area contributed by atoms with Gasteiger partial charge in [0.1, 0.15) is 0 Å². The van der Waals surface area contributed by atoms with Gasteiger partial charge in [0.15, 0.2) is 11.6 Å². The van der Waals surface area contributed by atoms with Crippen LogP contribution in [0.1, 0.15) is 27.7 Å². The van der Waals surface area contributed by atoms with Crippen LogP contribution in [0.15, 0.2) is 23.1 Å². The normalized spacial score (nSPS) is 13.8. The maximum absolute atomic E-state index is 13.0. The fraction of sp³-hybridized carbons (Fsp3) is 0.538. The summed E-state index contributed by atoms with van der Waals surface area (Å²) in [7, 11) is 0. The van der Waals surface area contributed by atoms with Crippen molar-refractivity contribution in [2.24, 2.45) is 0 Å². The highest BCUT2D eigenvalue weighted by Gasteiger charge is 2.12. The lowest BCUT2D eigenvalue weighted by molar-refractivity contribution is 0.429. The first-order valence-electron chi connectivity index (χ1n) is 5.64. The van der Waals surface area contributed by atoms with Gasteiger partial charge in [0.05, 0.1) is 0 Å². The summed E-state index contributed by atoms with van der Waals surface area (Å²) in [5.74, 6) is -1.58. The van der Waals surface area contributed by atoms with Gasteiger partial charge in [-0.3, -0.25) is 0 Å². The smallest absolute Gasteiger partial charge is 0.159 e. The van der Waals surface area contributed by atoms with Crippen molar-refractivity contribution in [3.63, 3.8) is 0 Å². The van der Waals surface area contributed by atoms with E-state index in [0.717, 1.165) is 11.4 Å². The summed E-state index contributed by atoms with van der Waals surface area (Å²) in [6, 6.07) is 4.02. The number of hydrogen-bond donors (Lipinski definition) is 1. The van der Waals surface area contributed by atoms with E-state index in [1.165, 1.54) is 23.9 Å². The van der Waals surface area contributed by atoms with Crippen LogP contribution < -0.4 is 5.32 Å². The summed E-state index contributed by atoms with van der Waals surface area (Å²) in [5, 5.41) is 3.68. The Balaban J connectivity index is 2.50.